The van der Waals surface area contributed by atoms with E-state index in [9.17, 15) is 5.26 Å². The molecule has 3 heterocycles. The van der Waals surface area contributed by atoms with Crippen LogP contribution in [0.1, 0.15) is 24.5 Å². The van der Waals surface area contributed by atoms with E-state index in [1.54, 1.807) is 6.20 Å². The SMILES string of the molecule is C[C@H]1CN(c2nccnc2C#N)Cc2nnc(-c3ccccc3)n21. The molecule has 0 aliphatic carbocycles. The Labute approximate surface area is 139 Å². The van der Waals surface area contributed by atoms with E-state index in [-0.39, 0.29) is 6.04 Å². The molecule has 24 heavy (non-hydrogen) atoms. The Balaban J connectivity index is 1.73. The van der Waals surface area contributed by atoms with Gasteiger partial charge in [0.2, 0.25) is 0 Å². The van der Waals surface area contributed by atoms with Crippen LogP contribution in [0.4, 0.5) is 5.82 Å². The van der Waals surface area contributed by atoms with Gasteiger partial charge in [0.25, 0.3) is 0 Å². The van der Waals surface area contributed by atoms with Gasteiger partial charge in [-0.3, -0.25) is 0 Å². The van der Waals surface area contributed by atoms with Crippen LogP contribution in [0.3, 0.4) is 0 Å². The van der Waals surface area contributed by atoms with E-state index in [0.717, 1.165) is 23.8 Å². The van der Waals surface area contributed by atoms with Crippen LogP contribution in [0.5, 0.6) is 0 Å². The van der Waals surface area contributed by atoms with Crippen LogP contribution < -0.4 is 4.90 Å². The maximum absolute atomic E-state index is 9.25. The Hall–Kier alpha value is -3.27. The maximum Gasteiger partial charge on any atom is 0.183 e. The number of benzene rings is 1. The van der Waals surface area contributed by atoms with Crippen LogP contribution in [0.25, 0.3) is 11.4 Å². The molecule has 0 fully saturated rings. The van der Waals surface area contributed by atoms with Gasteiger partial charge in [0.05, 0.1) is 12.6 Å². The first-order chi connectivity index (χ1) is 11.8. The molecule has 0 unspecified atom stereocenters. The average molecular weight is 317 g/mol. The summed E-state index contributed by atoms with van der Waals surface area (Å²) in [6.07, 6.45) is 3.14. The van der Waals surface area contributed by atoms with Crippen molar-refractivity contribution in [1.82, 2.24) is 24.7 Å². The quantitative estimate of drug-likeness (QED) is 0.720. The molecule has 0 amide bonds. The van der Waals surface area contributed by atoms with E-state index in [0.29, 0.717) is 18.1 Å². The van der Waals surface area contributed by atoms with Gasteiger partial charge < -0.3 is 9.47 Å². The Kier molecular flexibility index (Phi) is 3.43. The van der Waals surface area contributed by atoms with Crippen LogP contribution in [0, 0.1) is 11.3 Å². The average Bonchev–Trinajstić information content (AvgIpc) is 3.07. The highest BCUT2D eigenvalue weighted by Crippen LogP contribution is 2.29. The summed E-state index contributed by atoms with van der Waals surface area (Å²) in [5.74, 6) is 2.34. The zero-order valence-corrected chi connectivity index (χ0v) is 13.2. The Morgan fingerprint density at radius 3 is 2.71 bits per heavy atom. The number of fused-ring (bicyclic) bond motifs is 1. The monoisotopic (exact) mass is 317 g/mol. The molecule has 0 saturated carbocycles. The van der Waals surface area contributed by atoms with Crippen molar-refractivity contribution < 1.29 is 0 Å². The molecule has 0 N–H and O–H groups in total. The second-order valence-electron chi connectivity index (χ2n) is 5.75. The van der Waals surface area contributed by atoms with Gasteiger partial charge in [0.15, 0.2) is 23.2 Å². The van der Waals surface area contributed by atoms with Crippen molar-refractivity contribution in [3.05, 3.63) is 54.2 Å². The molecular weight excluding hydrogens is 302 g/mol. The molecule has 0 bridgehead atoms. The first-order valence-corrected chi connectivity index (χ1v) is 7.73. The number of anilines is 1. The molecule has 1 aliphatic rings. The van der Waals surface area contributed by atoms with Crippen molar-refractivity contribution in [1.29, 1.82) is 5.26 Å². The molecular formula is C17H15N7. The predicted octanol–water partition coefficient (Wildman–Crippen LogP) is 2.19. The normalized spacial score (nSPS) is 16.5. The third-order valence-corrected chi connectivity index (χ3v) is 4.14. The molecule has 4 rings (SSSR count). The summed E-state index contributed by atoms with van der Waals surface area (Å²) >= 11 is 0. The minimum absolute atomic E-state index is 0.160. The van der Waals surface area contributed by atoms with Crippen molar-refractivity contribution >= 4 is 5.82 Å². The van der Waals surface area contributed by atoms with Gasteiger partial charge in [-0.25, -0.2) is 9.97 Å². The van der Waals surface area contributed by atoms with Crippen molar-refractivity contribution in [3.63, 3.8) is 0 Å². The van der Waals surface area contributed by atoms with Crippen LogP contribution >= 0.6 is 0 Å². The van der Waals surface area contributed by atoms with Gasteiger partial charge in [0.1, 0.15) is 6.07 Å². The van der Waals surface area contributed by atoms with Gasteiger partial charge >= 0.3 is 0 Å². The van der Waals surface area contributed by atoms with E-state index in [1.807, 2.05) is 35.2 Å². The molecule has 2 aromatic heterocycles. The highest BCUT2D eigenvalue weighted by molar-refractivity contribution is 5.56. The highest BCUT2D eigenvalue weighted by atomic mass is 15.4. The van der Waals surface area contributed by atoms with E-state index in [4.69, 9.17) is 0 Å². The van der Waals surface area contributed by atoms with E-state index in [2.05, 4.69) is 37.7 Å². The summed E-state index contributed by atoms with van der Waals surface area (Å²) in [6, 6.07) is 12.3. The number of nitrogens with zero attached hydrogens (tertiary/aromatic N) is 7. The summed E-state index contributed by atoms with van der Waals surface area (Å²) in [7, 11) is 0. The van der Waals surface area contributed by atoms with Crippen LogP contribution in [0.2, 0.25) is 0 Å². The second-order valence-corrected chi connectivity index (χ2v) is 5.75. The second kappa shape index (κ2) is 5.74. The maximum atomic E-state index is 9.25. The lowest BCUT2D eigenvalue weighted by molar-refractivity contribution is 0.464. The lowest BCUT2D eigenvalue weighted by atomic mass is 10.1. The smallest absolute Gasteiger partial charge is 0.183 e. The zero-order valence-electron chi connectivity index (χ0n) is 13.2. The van der Waals surface area contributed by atoms with Crippen molar-refractivity contribution in [3.8, 4) is 17.5 Å². The van der Waals surface area contributed by atoms with Gasteiger partial charge in [-0.15, -0.1) is 10.2 Å². The summed E-state index contributed by atoms with van der Waals surface area (Å²) < 4.78 is 2.16. The number of aromatic nitrogens is 5. The molecule has 0 saturated heterocycles. The van der Waals surface area contributed by atoms with Gasteiger partial charge in [-0.2, -0.15) is 5.26 Å². The first kappa shape index (κ1) is 14.3. The standard InChI is InChI=1S/C17H15N7/c1-12-10-23(17-14(9-18)19-7-8-20-17)11-15-21-22-16(24(12)15)13-5-3-2-4-6-13/h2-8,12H,10-11H2,1H3/t12-/m0/s1. The number of nitriles is 1. The summed E-state index contributed by atoms with van der Waals surface area (Å²) in [6.45, 7) is 3.39. The van der Waals surface area contributed by atoms with Crippen molar-refractivity contribution in [2.24, 2.45) is 0 Å². The Morgan fingerprint density at radius 1 is 1.12 bits per heavy atom. The van der Waals surface area contributed by atoms with Crippen LogP contribution in [0.15, 0.2) is 42.7 Å². The molecule has 0 spiro atoms. The Bertz CT molecular complexity index is 910. The fourth-order valence-electron chi connectivity index (χ4n) is 3.12. The molecule has 0 radical (unpaired) electrons. The third-order valence-electron chi connectivity index (χ3n) is 4.14. The fourth-order valence-corrected chi connectivity index (χ4v) is 3.12. The number of hydrogen-bond acceptors (Lipinski definition) is 6. The van der Waals surface area contributed by atoms with E-state index >= 15 is 0 Å². The summed E-state index contributed by atoms with van der Waals surface area (Å²) in [4.78, 5) is 10.5. The van der Waals surface area contributed by atoms with Gasteiger partial charge in [0, 0.05) is 24.5 Å². The highest BCUT2D eigenvalue weighted by Gasteiger charge is 2.29. The van der Waals surface area contributed by atoms with E-state index < -0.39 is 0 Å². The lowest BCUT2D eigenvalue weighted by Gasteiger charge is -2.33. The Morgan fingerprint density at radius 2 is 1.92 bits per heavy atom. The molecule has 7 heteroatoms. The summed E-state index contributed by atoms with van der Waals surface area (Å²) in [5, 5.41) is 18.0. The first-order valence-electron chi connectivity index (χ1n) is 7.73. The molecule has 7 nitrogen and oxygen atoms in total. The molecule has 3 aromatic rings. The zero-order chi connectivity index (χ0) is 16.5. The minimum Gasteiger partial charge on any atom is -0.345 e. The number of rotatable bonds is 2. The molecule has 1 aromatic carbocycles. The van der Waals surface area contributed by atoms with Gasteiger partial charge in [-0.1, -0.05) is 30.3 Å². The lowest BCUT2D eigenvalue weighted by Crippen LogP contribution is -2.37. The predicted molar refractivity (Wildman–Crippen MR) is 88.0 cm³/mol. The number of hydrogen-bond donors (Lipinski definition) is 0. The molecule has 118 valence electrons. The summed E-state index contributed by atoms with van der Waals surface area (Å²) in [5.41, 5.74) is 1.38. The largest absolute Gasteiger partial charge is 0.345 e. The third kappa shape index (κ3) is 2.29. The van der Waals surface area contributed by atoms with Gasteiger partial charge in [-0.05, 0) is 6.92 Å². The minimum atomic E-state index is 0.160. The van der Waals surface area contributed by atoms with Crippen LogP contribution in [-0.4, -0.2) is 31.3 Å². The molecule has 1 aliphatic heterocycles. The molecule has 1 atom stereocenters. The van der Waals surface area contributed by atoms with Crippen LogP contribution in [-0.2, 0) is 6.54 Å². The van der Waals surface area contributed by atoms with Crippen molar-refractivity contribution in [2.45, 2.75) is 19.5 Å². The fraction of sp³-hybridized carbons (Fsp3) is 0.235. The van der Waals surface area contributed by atoms with Crippen molar-refractivity contribution in [2.75, 3.05) is 11.4 Å². The van der Waals surface area contributed by atoms with E-state index in [1.165, 1.54) is 6.20 Å². The topological polar surface area (TPSA) is 83.5 Å².